The summed E-state index contributed by atoms with van der Waals surface area (Å²) in [5.74, 6) is 1.30. The van der Waals surface area contributed by atoms with E-state index in [2.05, 4.69) is 0 Å². The summed E-state index contributed by atoms with van der Waals surface area (Å²) in [6.45, 7) is 0. The van der Waals surface area contributed by atoms with E-state index in [1.807, 2.05) is 0 Å². The van der Waals surface area contributed by atoms with Gasteiger partial charge in [0, 0.05) is 16.5 Å². The van der Waals surface area contributed by atoms with Crippen LogP contribution >= 0.6 is 0 Å². The average Bonchev–Trinajstić information content (AvgIpc) is 3.09. The molecular weight excluding hydrogens is 355 g/mol. The molecule has 0 aromatic heterocycles. The molecular formula is C14H20NiS4-4. The van der Waals surface area contributed by atoms with Gasteiger partial charge in [0.05, 0.1) is 0 Å². The third kappa shape index (κ3) is 7.43. The van der Waals surface area contributed by atoms with Crippen LogP contribution in [0.1, 0.15) is 51.4 Å². The summed E-state index contributed by atoms with van der Waals surface area (Å²) >= 11 is 19.6. The van der Waals surface area contributed by atoms with Crippen molar-refractivity contribution in [3.8, 4) is 0 Å². The average molecular weight is 375 g/mol. The normalized spacial score (nSPS) is 21.7. The summed E-state index contributed by atoms with van der Waals surface area (Å²) < 4.78 is 0. The van der Waals surface area contributed by atoms with Crippen LogP contribution in [0.2, 0.25) is 0 Å². The fraction of sp³-hybridized carbons (Fsp3) is 0.714. The molecule has 0 amide bonds. The van der Waals surface area contributed by atoms with Crippen molar-refractivity contribution in [2.24, 2.45) is 11.8 Å². The van der Waals surface area contributed by atoms with Gasteiger partial charge in [-0.3, -0.25) is 0 Å². The molecule has 0 unspecified atom stereocenters. The van der Waals surface area contributed by atoms with Crippen LogP contribution in [0.25, 0.3) is 0 Å². The summed E-state index contributed by atoms with van der Waals surface area (Å²) in [6.07, 6.45) is 10.4. The van der Waals surface area contributed by atoms with Gasteiger partial charge in [-0.05, 0) is 37.5 Å². The Bertz CT molecular complexity index is 260. The van der Waals surface area contributed by atoms with Crippen LogP contribution < -0.4 is 0 Å². The SMILES string of the molecule is [Ni].[S-]/C=C(\[S-])C1CCCC1.[S-]/C=C(\[S-])C1CCCC1. The summed E-state index contributed by atoms with van der Waals surface area (Å²) in [5, 5.41) is 3.32. The maximum Gasteiger partial charge on any atom is 0 e. The minimum absolute atomic E-state index is 0. The van der Waals surface area contributed by atoms with E-state index in [1.165, 1.54) is 51.4 Å². The first-order valence-corrected chi connectivity index (χ1v) is 8.43. The number of hydrogen-bond donors (Lipinski definition) is 0. The predicted octanol–water partition coefficient (Wildman–Crippen LogP) is 4.22. The fourth-order valence-electron chi connectivity index (χ4n) is 2.61. The van der Waals surface area contributed by atoms with Gasteiger partial charge in [0.2, 0.25) is 0 Å². The fourth-order valence-corrected chi connectivity index (χ4v) is 3.47. The van der Waals surface area contributed by atoms with E-state index in [0.717, 1.165) is 9.81 Å². The van der Waals surface area contributed by atoms with Crippen molar-refractivity contribution in [3.63, 3.8) is 0 Å². The van der Waals surface area contributed by atoms with E-state index >= 15 is 0 Å². The Hall–Kier alpha value is 0.854. The van der Waals surface area contributed by atoms with Crippen LogP contribution in [0.5, 0.6) is 0 Å². The van der Waals surface area contributed by atoms with E-state index in [0.29, 0.717) is 11.8 Å². The molecule has 2 aliphatic carbocycles. The zero-order chi connectivity index (χ0) is 13.4. The van der Waals surface area contributed by atoms with Crippen LogP contribution in [-0.4, -0.2) is 0 Å². The zero-order valence-electron chi connectivity index (χ0n) is 10.9. The molecule has 0 aliphatic heterocycles. The molecule has 0 radical (unpaired) electrons. The molecule has 0 atom stereocenters. The summed E-state index contributed by atoms with van der Waals surface area (Å²) in [6, 6.07) is 0. The molecule has 2 saturated carbocycles. The van der Waals surface area contributed by atoms with Crippen molar-refractivity contribution >= 4 is 50.5 Å². The molecule has 5 heteroatoms. The van der Waals surface area contributed by atoms with Crippen LogP contribution in [0, 0.1) is 11.8 Å². The van der Waals surface area contributed by atoms with E-state index < -0.39 is 0 Å². The Kier molecular flexibility index (Phi) is 12.0. The van der Waals surface area contributed by atoms with Gasteiger partial charge in [-0.15, -0.1) is 0 Å². The molecule has 19 heavy (non-hydrogen) atoms. The van der Waals surface area contributed by atoms with Crippen molar-refractivity contribution < 1.29 is 16.5 Å². The molecule has 0 N–H and O–H groups in total. The monoisotopic (exact) mass is 374 g/mol. The van der Waals surface area contributed by atoms with E-state index in [4.69, 9.17) is 50.5 Å². The van der Waals surface area contributed by atoms with Crippen molar-refractivity contribution in [1.29, 1.82) is 0 Å². The predicted molar refractivity (Wildman–Crippen MR) is 89.5 cm³/mol. The van der Waals surface area contributed by atoms with E-state index in [-0.39, 0.29) is 16.5 Å². The topological polar surface area (TPSA) is 0 Å². The van der Waals surface area contributed by atoms with Crippen LogP contribution in [0.4, 0.5) is 0 Å². The molecule has 2 aliphatic rings. The van der Waals surface area contributed by atoms with Gasteiger partial charge in [-0.25, -0.2) is 20.6 Å². The summed E-state index contributed by atoms with van der Waals surface area (Å²) in [7, 11) is 0. The second kappa shape index (κ2) is 11.5. The Labute approximate surface area is 150 Å². The van der Waals surface area contributed by atoms with Gasteiger partial charge >= 0.3 is 0 Å². The quantitative estimate of drug-likeness (QED) is 0.523. The largest absolute Gasteiger partial charge is 0.789 e. The van der Waals surface area contributed by atoms with Gasteiger partial charge in [-0.2, -0.15) is 0 Å². The molecule has 0 nitrogen and oxygen atoms in total. The Balaban J connectivity index is 0.000000324. The standard InChI is InChI=1S/2C7H12S2.Ni/c2*8-5-7(9)6-3-1-2-4-6;/h2*5-6,8-9H,1-4H2;/p-4/b2*7-5-;. The van der Waals surface area contributed by atoms with Gasteiger partial charge in [-0.1, -0.05) is 25.7 Å². The first-order valence-electron chi connectivity index (χ1n) is 6.67. The Morgan fingerprint density at radius 1 is 0.684 bits per heavy atom. The van der Waals surface area contributed by atoms with Gasteiger partial charge in [0.15, 0.2) is 0 Å². The molecule has 2 rings (SSSR count). The second-order valence-corrected chi connectivity index (χ2v) is 6.42. The van der Waals surface area contributed by atoms with Gasteiger partial charge in [0.25, 0.3) is 0 Å². The Morgan fingerprint density at radius 3 is 1.16 bits per heavy atom. The van der Waals surface area contributed by atoms with Crippen molar-refractivity contribution in [2.75, 3.05) is 0 Å². The van der Waals surface area contributed by atoms with Crippen molar-refractivity contribution in [2.45, 2.75) is 51.4 Å². The van der Waals surface area contributed by atoms with Crippen LogP contribution in [0.15, 0.2) is 20.6 Å². The molecule has 0 aromatic rings. The van der Waals surface area contributed by atoms with Gasteiger partial charge in [0.1, 0.15) is 0 Å². The van der Waals surface area contributed by atoms with Crippen LogP contribution in [0.3, 0.4) is 0 Å². The minimum atomic E-state index is 0. The Morgan fingerprint density at radius 2 is 0.947 bits per heavy atom. The number of allylic oxidation sites excluding steroid dienone is 2. The number of hydrogen-bond acceptors (Lipinski definition) is 4. The smallest absolute Gasteiger partial charge is 0 e. The minimum Gasteiger partial charge on any atom is -0.789 e. The summed E-state index contributed by atoms with van der Waals surface area (Å²) in [5.41, 5.74) is 0. The zero-order valence-corrected chi connectivity index (χ0v) is 15.2. The third-order valence-electron chi connectivity index (χ3n) is 3.75. The summed E-state index contributed by atoms with van der Waals surface area (Å²) in [4.78, 5) is 2.00. The molecule has 114 valence electrons. The van der Waals surface area contributed by atoms with Crippen molar-refractivity contribution in [3.05, 3.63) is 20.6 Å². The molecule has 0 spiro atoms. The number of rotatable bonds is 2. The maximum absolute atomic E-state index is 5.06. The molecule has 0 heterocycles. The molecule has 0 aromatic carbocycles. The van der Waals surface area contributed by atoms with Gasteiger partial charge < -0.3 is 50.5 Å². The first kappa shape index (κ1) is 19.9. The second-order valence-electron chi connectivity index (χ2n) is 5.00. The van der Waals surface area contributed by atoms with Crippen molar-refractivity contribution in [1.82, 2.24) is 0 Å². The van der Waals surface area contributed by atoms with E-state index in [1.54, 1.807) is 10.8 Å². The maximum atomic E-state index is 5.06. The van der Waals surface area contributed by atoms with E-state index in [9.17, 15) is 0 Å². The molecule has 0 saturated heterocycles. The molecule has 2 fully saturated rings. The van der Waals surface area contributed by atoms with Crippen LogP contribution in [-0.2, 0) is 67.0 Å². The third-order valence-corrected chi connectivity index (χ3v) is 5.46. The molecule has 0 bridgehead atoms. The first-order chi connectivity index (χ1) is 8.69.